The summed E-state index contributed by atoms with van der Waals surface area (Å²) in [6.07, 6.45) is 3.78. The molecule has 0 unspecified atom stereocenters. The van der Waals surface area contributed by atoms with Crippen molar-refractivity contribution in [1.29, 1.82) is 0 Å². The molecule has 0 radical (unpaired) electrons. The number of hydrogen-bond acceptors (Lipinski definition) is 4. The van der Waals surface area contributed by atoms with Gasteiger partial charge in [0.1, 0.15) is 5.82 Å². The number of unbranched alkanes of at least 4 members (excludes halogenated alkanes) is 1. The van der Waals surface area contributed by atoms with Gasteiger partial charge in [-0.25, -0.2) is 9.18 Å². The van der Waals surface area contributed by atoms with Crippen LogP contribution in [-0.4, -0.2) is 25.9 Å². The third kappa shape index (κ3) is 7.78. The standard InChI is InChI=1S/C9H14O3.C7H7ClFN/c1-3-5-6-8(7-10)9(11)12-4-2;1-10-7-3-2-5(8)4-6(7)9/h6-7H,3-5H2,1-2H3;2-4,10H,1H3/b8-6-;. The van der Waals surface area contributed by atoms with Crippen LogP contribution in [0.4, 0.5) is 10.1 Å². The van der Waals surface area contributed by atoms with E-state index in [2.05, 4.69) is 10.1 Å². The lowest BCUT2D eigenvalue weighted by Gasteiger charge is -2.00. The first-order valence-electron chi connectivity index (χ1n) is 6.95. The minimum Gasteiger partial charge on any atom is -0.462 e. The number of rotatable bonds is 6. The van der Waals surface area contributed by atoms with Crippen LogP contribution < -0.4 is 5.32 Å². The number of benzene rings is 1. The van der Waals surface area contributed by atoms with Crippen LogP contribution in [-0.2, 0) is 14.3 Å². The van der Waals surface area contributed by atoms with E-state index in [-0.39, 0.29) is 11.4 Å². The quantitative estimate of drug-likeness (QED) is 0.282. The lowest BCUT2D eigenvalue weighted by atomic mass is 10.2. The molecule has 0 spiro atoms. The third-order valence-electron chi connectivity index (χ3n) is 2.49. The van der Waals surface area contributed by atoms with Crippen LogP contribution in [0, 0.1) is 5.82 Å². The molecular formula is C16H21ClFNO3. The highest BCUT2D eigenvalue weighted by Crippen LogP contribution is 2.17. The van der Waals surface area contributed by atoms with Gasteiger partial charge in [0.25, 0.3) is 0 Å². The van der Waals surface area contributed by atoms with E-state index in [1.165, 1.54) is 6.07 Å². The SMILES string of the molecule is CCC/C=C(/C=O)C(=O)OCC.CNc1ccc(Cl)cc1F. The summed E-state index contributed by atoms with van der Waals surface area (Å²) in [5.74, 6) is -0.851. The van der Waals surface area contributed by atoms with Crippen molar-refractivity contribution in [3.63, 3.8) is 0 Å². The van der Waals surface area contributed by atoms with Crippen molar-refractivity contribution in [2.75, 3.05) is 19.0 Å². The van der Waals surface area contributed by atoms with E-state index in [4.69, 9.17) is 11.6 Å². The number of ether oxygens (including phenoxy) is 1. The van der Waals surface area contributed by atoms with Crippen molar-refractivity contribution in [2.45, 2.75) is 26.7 Å². The van der Waals surface area contributed by atoms with Crippen LogP contribution >= 0.6 is 11.6 Å². The second-order valence-electron chi connectivity index (χ2n) is 4.16. The molecule has 0 saturated heterocycles. The fourth-order valence-corrected chi connectivity index (χ4v) is 1.54. The Hall–Kier alpha value is -1.88. The first-order valence-corrected chi connectivity index (χ1v) is 7.33. The third-order valence-corrected chi connectivity index (χ3v) is 2.73. The smallest absolute Gasteiger partial charge is 0.341 e. The van der Waals surface area contributed by atoms with E-state index >= 15 is 0 Å². The Labute approximate surface area is 135 Å². The fourth-order valence-electron chi connectivity index (χ4n) is 1.39. The first-order chi connectivity index (χ1) is 10.5. The van der Waals surface area contributed by atoms with Crippen molar-refractivity contribution >= 4 is 29.5 Å². The Morgan fingerprint density at radius 1 is 1.41 bits per heavy atom. The predicted molar refractivity (Wildman–Crippen MR) is 86.6 cm³/mol. The zero-order valence-electron chi connectivity index (χ0n) is 13.0. The summed E-state index contributed by atoms with van der Waals surface area (Å²) in [6.45, 7) is 3.99. The Morgan fingerprint density at radius 2 is 2.09 bits per heavy atom. The van der Waals surface area contributed by atoms with Crippen LogP contribution in [0.1, 0.15) is 26.7 Å². The van der Waals surface area contributed by atoms with Crippen LogP contribution in [0.2, 0.25) is 5.02 Å². The molecular weight excluding hydrogens is 309 g/mol. The molecule has 1 aromatic rings. The van der Waals surface area contributed by atoms with Gasteiger partial charge in [0.2, 0.25) is 0 Å². The van der Waals surface area contributed by atoms with E-state index in [1.54, 1.807) is 32.2 Å². The largest absolute Gasteiger partial charge is 0.462 e. The summed E-state index contributed by atoms with van der Waals surface area (Å²) in [5, 5.41) is 3.10. The molecule has 1 aromatic carbocycles. The summed E-state index contributed by atoms with van der Waals surface area (Å²) >= 11 is 5.51. The van der Waals surface area contributed by atoms with E-state index in [0.717, 1.165) is 12.8 Å². The number of carbonyl (C=O) groups excluding carboxylic acids is 2. The van der Waals surface area contributed by atoms with Gasteiger partial charge < -0.3 is 10.1 Å². The number of halogens is 2. The van der Waals surface area contributed by atoms with Crippen LogP contribution in [0.3, 0.4) is 0 Å². The number of hydrogen-bond donors (Lipinski definition) is 1. The molecule has 1 rings (SSSR count). The average molecular weight is 330 g/mol. The molecule has 4 nitrogen and oxygen atoms in total. The Balaban J connectivity index is 0.000000406. The van der Waals surface area contributed by atoms with Gasteiger partial charge in [0, 0.05) is 12.1 Å². The highest BCUT2D eigenvalue weighted by molar-refractivity contribution is 6.30. The first kappa shape index (κ1) is 20.1. The molecule has 0 atom stereocenters. The van der Waals surface area contributed by atoms with Crippen LogP contribution in [0.15, 0.2) is 29.8 Å². The molecule has 0 aliphatic carbocycles. The molecule has 0 saturated carbocycles. The summed E-state index contributed by atoms with van der Waals surface area (Å²) in [6, 6.07) is 4.50. The van der Waals surface area contributed by atoms with E-state index < -0.39 is 5.97 Å². The van der Waals surface area contributed by atoms with Crippen molar-refractivity contribution < 1.29 is 18.7 Å². The summed E-state index contributed by atoms with van der Waals surface area (Å²) in [7, 11) is 1.66. The van der Waals surface area contributed by atoms with Gasteiger partial charge in [0.05, 0.1) is 17.9 Å². The molecule has 1 N–H and O–H groups in total. The number of anilines is 1. The lowest BCUT2D eigenvalue weighted by molar-refractivity contribution is -0.139. The molecule has 0 fully saturated rings. The second kappa shape index (κ2) is 11.7. The molecule has 122 valence electrons. The van der Waals surface area contributed by atoms with Crippen molar-refractivity contribution in [1.82, 2.24) is 0 Å². The minimum atomic E-state index is -0.527. The van der Waals surface area contributed by atoms with Crippen molar-refractivity contribution in [3.8, 4) is 0 Å². The molecule has 6 heteroatoms. The Kier molecular flexibility index (Phi) is 10.7. The number of carbonyl (C=O) groups is 2. The normalized spacial score (nSPS) is 10.3. The van der Waals surface area contributed by atoms with E-state index in [0.29, 0.717) is 23.6 Å². The Bertz CT molecular complexity index is 518. The van der Waals surface area contributed by atoms with Gasteiger partial charge in [-0.3, -0.25) is 4.79 Å². The minimum absolute atomic E-state index is 0.124. The summed E-state index contributed by atoms with van der Waals surface area (Å²) < 4.78 is 17.4. The Morgan fingerprint density at radius 3 is 2.55 bits per heavy atom. The van der Waals surface area contributed by atoms with Crippen molar-refractivity contribution in [3.05, 3.63) is 40.7 Å². The molecule has 0 aliphatic rings. The van der Waals surface area contributed by atoms with Crippen LogP contribution in [0.25, 0.3) is 0 Å². The van der Waals surface area contributed by atoms with Crippen LogP contribution in [0.5, 0.6) is 0 Å². The van der Waals surface area contributed by atoms with E-state index in [1.807, 2.05) is 6.92 Å². The number of aldehydes is 1. The summed E-state index contributed by atoms with van der Waals surface area (Å²) in [4.78, 5) is 21.3. The molecule has 0 amide bonds. The van der Waals surface area contributed by atoms with E-state index in [9.17, 15) is 14.0 Å². The molecule has 0 aliphatic heterocycles. The summed E-state index contributed by atoms with van der Waals surface area (Å²) in [5.41, 5.74) is 0.586. The zero-order valence-corrected chi connectivity index (χ0v) is 13.7. The monoisotopic (exact) mass is 329 g/mol. The average Bonchev–Trinajstić information content (AvgIpc) is 2.49. The maximum absolute atomic E-state index is 12.7. The molecule has 0 aromatic heterocycles. The molecule has 0 heterocycles. The highest BCUT2D eigenvalue weighted by Gasteiger charge is 2.07. The molecule has 0 bridgehead atoms. The zero-order chi connectivity index (χ0) is 17.0. The predicted octanol–water partition coefficient (Wildman–Crippen LogP) is 4.00. The maximum atomic E-state index is 12.7. The topological polar surface area (TPSA) is 55.4 Å². The van der Waals surface area contributed by atoms with Gasteiger partial charge >= 0.3 is 5.97 Å². The molecule has 22 heavy (non-hydrogen) atoms. The van der Waals surface area contributed by atoms with Gasteiger partial charge in [-0.1, -0.05) is 31.0 Å². The van der Waals surface area contributed by atoms with Gasteiger partial charge in [0.15, 0.2) is 6.29 Å². The maximum Gasteiger partial charge on any atom is 0.341 e. The number of allylic oxidation sites excluding steroid dienone is 1. The van der Waals surface area contributed by atoms with Gasteiger partial charge in [-0.2, -0.15) is 0 Å². The van der Waals surface area contributed by atoms with Gasteiger partial charge in [-0.05, 0) is 31.5 Å². The second-order valence-corrected chi connectivity index (χ2v) is 4.60. The number of nitrogens with one attached hydrogen (secondary N) is 1. The highest BCUT2D eigenvalue weighted by atomic mass is 35.5. The van der Waals surface area contributed by atoms with Crippen molar-refractivity contribution in [2.24, 2.45) is 0 Å². The number of esters is 1. The van der Waals surface area contributed by atoms with Gasteiger partial charge in [-0.15, -0.1) is 0 Å². The lowest BCUT2D eigenvalue weighted by Crippen LogP contribution is -2.08. The fraction of sp³-hybridized carbons (Fsp3) is 0.375.